The summed E-state index contributed by atoms with van der Waals surface area (Å²) in [5.74, 6) is 1.26. The van der Waals surface area contributed by atoms with E-state index in [0.29, 0.717) is 0 Å². The number of hydrogen-bond donors (Lipinski definition) is 0. The van der Waals surface area contributed by atoms with Gasteiger partial charge in [0.2, 0.25) is 8.32 Å². The van der Waals surface area contributed by atoms with E-state index >= 15 is 0 Å². The van der Waals surface area contributed by atoms with Crippen molar-refractivity contribution in [3.63, 3.8) is 0 Å². The molecule has 0 radical (unpaired) electrons. The smallest absolute Gasteiger partial charge is 0.241 e. The fourth-order valence-corrected chi connectivity index (χ4v) is 2.88. The largest absolute Gasteiger partial charge is 0.547 e. The van der Waals surface area contributed by atoms with Crippen LogP contribution in [0, 0.1) is 0 Å². The Labute approximate surface area is 110 Å². The van der Waals surface area contributed by atoms with Gasteiger partial charge in [0.25, 0.3) is 0 Å². The van der Waals surface area contributed by atoms with Crippen LogP contribution in [0.25, 0.3) is 0 Å². The van der Waals surface area contributed by atoms with Crippen molar-refractivity contribution in [2.45, 2.75) is 85.4 Å². The van der Waals surface area contributed by atoms with Gasteiger partial charge in [0.05, 0.1) is 5.76 Å². The van der Waals surface area contributed by atoms with E-state index in [0.717, 1.165) is 6.42 Å². The fourth-order valence-electron chi connectivity index (χ4n) is 1.84. The molecule has 0 N–H and O–H groups in total. The topological polar surface area (TPSA) is 9.23 Å². The van der Waals surface area contributed by atoms with Gasteiger partial charge < -0.3 is 4.43 Å². The first-order valence-corrected chi connectivity index (χ1v) is 10.6. The molecule has 0 aromatic carbocycles. The highest BCUT2D eigenvalue weighted by molar-refractivity contribution is 6.70. The highest BCUT2D eigenvalue weighted by Gasteiger charge is 2.17. The summed E-state index contributed by atoms with van der Waals surface area (Å²) in [7, 11) is -1.42. The zero-order valence-corrected chi connectivity index (χ0v) is 13.9. The molecule has 0 aliphatic rings. The quantitative estimate of drug-likeness (QED) is 0.284. The maximum atomic E-state index is 6.15. The summed E-state index contributed by atoms with van der Waals surface area (Å²) in [6, 6.07) is 0. The molecular weight excluding hydrogens is 224 g/mol. The second-order valence-electron chi connectivity index (χ2n) is 6.16. The van der Waals surface area contributed by atoms with Crippen molar-refractivity contribution in [1.29, 1.82) is 0 Å². The Morgan fingerprint density at radius 3 is 1.88 bits per heavy atom. The Balaban J connectivity index is 3.85. The summed E-state index contributed by atoms with van der Waals surface area (Å²) in [5, 5.41) is 0. The van der Waals surface area contributed by atoms with Crippen LogP contribution in [0.4, 0.5) is 0 Å². The molecule has 0 aliphatic carbocycles. The zero-order chi connectivity index (χ0) is 13.3. The molecule has 0 aliphatic heterocycles. The number of allylic oxidation sites excluding steroid dienone is 2. The summed E-state index contributed by atoms with van der Waals surface area (Å²) >= 11 is 0. The van der Waals surface area contributed by atoms with Crippen molar-refractivity contribution in [2.24, 2.45) is 0 Å². The molecule has 2 heteroatoms. The van der Waals surface area contributed by atoms with Crippen LogP contribution in [0.1, 0.15) is 65.7 Å². The van der Waals surface area contributed by atoms with Crippen molar-refractivity contribution in [3.05, 3.63) is 11.3 Å². The van der Waals surface area contributed by atoms with Gasteiger partial charge in [0.15, 0.2) is 0 Å². The first-order chi connectivity index (χ1) is 7.87. The third-order valence-corrected chi connectivity index (χ3v) is 3.60. The molecule has 0 rings (SSSR count). The normalized spacial score (nSPS) is 11.4. The van der Waals surface area contributed by atoms with Crippen molar-refractivity contribution in [2.75, 3.05) is 0 Å². The van der Waals surface area contributed by atoms with Crippen molar-refractivity contribution in [3.8, 4) is 0 Å². The molecule has 0 saturated carbocycles. The van der Waals surface area contributed by atoms with E-state index in [-0.39, 0.29) is 0 Å². The van der Waals surface area contributed by atoms with E-state index in [1.165, 1.54) is 49.9 Å². The Bertz CT molecular complexity index is 222. The summed E-state index contributed by atoms with van der Waals surface area (Å²) in [5.41, 5.74) is 1.36. The third-order valence-electron chi connectivity index (χ3n) is 2.74. The molecule has 0 saturated heterocycles. The average Bonchev–Trinajstić information content (AvgIpc) is 2.19. The maximum Gasteiger partial charge on any atom is 0.241 e. The number of hydrogen-bond acceptors (Lipinski definition) is 1. The molecule has 0 aromatic heterocycles. The Kier molecular flexibility index (Phi) is 8.66. The molecule has 0 spiro atoms. The minimum absolute atomic E-state index is 1.14. The average molecular weight is 257 g/mol. The van der Waals surface area contributed by atoms with E-state index in [1.54, 1.807) is 0 Å². The molecular formula is C15H32OSi. The van der Waals surface area contributed by atoms with Crippen molar-refractivity contribution < 1.29 is 4.43 Å². The second kappa shape index (κ2) is 8.79. The predicted molar refractivity (Wildman–Crippen MR) is 80.8 cm³/mol. The van der Waals surface area contributed by atoms with Crippen molar-refractivity contribution >= 4 is 8.32 Å². The van der Waals surface area contributed by atoms with Gasteiger partial charge in [0.1, 0.15) is 0 Å². The molecule has 0 heterocycles. The van der Waals surface area contributed by atoms with Crippen LogP contribution in [-0.4, -0.2) is 8.32 Å². The molecule has 0 unspecified atom stereocenters. The highest BCUT2D eigenvalue weighted by Crippen LogP contribution is 2.20. The van der Waals surface area contributed by atoms with E-state index in [4.69, 9.17) is 4.43 Å². The monoisotopic (exact) mass is 256 g/mol. The van der Waals surface area contributed by atoms with Gasteiger partial charge in [0, 0.05) is 6.42 Å². The molecule has 0 bridgehead atoms. The van der Waals surface area contributed by atoms with Gasteiger partial charge in [-0.05, 0) is 45.5 Å². The Hall–Kier alpha value is -0.243. The molecule has 0 amide bonds. The molecule has 1 nitrogen and oxygen atoms in total. The van der Waals surface area contributed by atoms with Crippen LogP contribution < -0.4 is 0 Å². The van der Waals surface area contributed by atoms with Crippen LogP contribution in [0.2, 0.25) is 19.6 Å². The minimum Gasteiger partial charge on any atom is -0.547 e. The number of rotatable bonds is 9. The molecule has 0 atom stereocenters. The first-order valence-electron chi connectivity index (χ1n) is 7.22. The Morgan fingerprint density at radius 1 is 0.882 bits per heavy atom. The summed E-state index contributed by atoms with van der Waals surface area (Å²) in [6.07, 6.45) is 9.28. The van der Waals surface area contributed by atoms with Crippen LogP contribution >= 0.6 is 0 Å². The van der Waals surface area contributed by atoms with Gasteiger partial charge in [-0.25, -0.2) is 0 Å². The van der Waals surface area contributed by atoms with Crippen LogP contribution in [0.3, 0.4) is 0 Å². The van der Waals surface area contributed by atoms with E-state index in [1.807, 2.05) is 0 Å². The summed E-state index contributed by atoms with van der Waals surface area (Å²) in [6.45, 7) is 13.4. The SMILES string of the molecule is CCCCCCCCC(O[Si](C)(C)C)=C(C)C. The third kappa shape index (κ3) is 10.6. The van der Waals surface area contributed by atoms with Crippen molar-refractivity contribution in [1.82, 2.24) is 0 Å². The van der Waals surface area contributed by atoms with Gasteiger partial charge in [-0.2, -0.15) is 0 Å². The van der Waals surface area contributed by atoms with Crippen LogP contribution in [0.5, 0.6) is 0 Å². The highest BCUT2D eigenvalue weighted by atomic mass is 28.4. The van der Waals surface area contributed by atoms with E-state index in [2.05, 4.69) is 40.4 Å². The molecule has 102 valence electrons. The standard InChI is InChI=1S/C15H32OSi/c1-7-8-9-10-11-12-13-15(14(2)3)16-17(4,5)6/h7-13H2,1-6H3. The Morgan fingerprint density at radius 2 is 1.41 bits per heavy atom. The van der Waals surface area contributed by atoms with Gasteiger partial charge >= 0.3 is 0 Å². The van der Waals surface area contributed by atoms with Gasteiger partial charge in [-0.1, -0.05) is 39.0 Å². The zero-order valence-electron chi connectivity index (χ0n) is 12.9. The first kappa shape index (κ1) is 16.8. The lowest BCUT2D eigenvalue weighted by Gasteiger charge is -2.23. The maximum absolute atomic E-state index is 6.15. The van der Waals surface area contributed by atoms with Crippen LogP contribution in [0.15, 0.2) is 11.3 Å². The molecule has 17 heavy (non-hydrogen) atoms. The predicted octanol–water partition coefficient (Wildman–Crippen LogP) is 5.88. The van der Waals surface area contributed by atoms with Crippen LogP contribution in [-0.2, 0) is 4.43 Å². The lowest BCUT2D eigenvalue weighted by molar-refractivity contribution is 0.384. The summed E-state index contributed by atoms with van der Waals surface area (Å²) < 4.78 is 6.15. The fraction of sp³-hybridized carbons (Fsp3) is 0.867. The lowest BCUT2D eigenvalue weighted by atomic mass is 10.1. The number of unbranched alkanes of at least 4 members (excludes halogenated alkanes) is 5. The van der Waals surface area contributed by atoms with Gasteiger partial charge in [-0.3, -0.25) is 0 Å². The van der Waals surface area contributed by atoms with E-state index in [9.17, 15) is 0 Å². The van der Waals surface area contributed by atoms with E-state index < -0.39 is 8.32 Å². The minimum atomic E-state index is -1.42. The lowest BCUT2D eigenvalue weighted by Crippen LogP contribution is -2.25. The summed E-state index contributed by atoms with van der Waals surface area (Å²) in [4.78, 5) is 0. The molecule has 0 fully saturated rings. The van der Waals surface area contributed by atoms with Gasteiger partial charge in [-0.15, -0.1) is 0 Å². The molecule has 0 aromatic rings. The second-order valence-corrected chi connectivity index (χ2v) is 10.6.